The summed E-state index contributed by atoms with van der Waals surface area (Å²) in [4.78, 5) is 21.5. The molecule has 45 heavy (non-hydrogen) atoms. The number of benzene rings is 2. The molecule has 2 aromatic carbocycles. The minimum Gasteiger partial charge on any atom is -0.496 e. The van der Waals surface area contributed by atoms with Crippen molar-refractivity contribution in [2.24, 2.45) is 5.41 Å². The van der Waals surface area contributed by atoms with Crippen LogP contribution in [-0.4, -0.2) is 58.4 Å². The van der Waals surface area contributed by atoms with Gasteiger partial charge in [0, 0.05) is 66.9 Å². The lowest BCUT2D eigenvalue weighted by Gasteiger charge is -2.40. The van der Waals surface area contributed by atoms with Gasteiger partial charge in [-0.3, -0.25) is 14.7 Å². The molecule has 2 N–H and O–H groups in total. The van der Waals surface area contributed by atoms with Crippen LogP contribution in [0.4, 0.5) is 10.1 Å². The van der Waals surface area contributed by atoms with Gasteiger partial charge in [0.2, 0.25) is 0 Å². The van der Waals surface area contributed by atoms with E-state index < -0.39 is 11.6 Å². The molecule has 5 rings (SSSR count). The number of hydrogen-bond donors (Lipinski definition) is 2. The molecular formula is C37H50FN3O4. The minimum absolute atomic E-state index is 0.0336. The third kappa shape index (κ3) is 9.04. The molecule has 0 bridgehead atoms. The van der Waals surface area contributed by atoms with Crippen molar-refractivity contribution in [3.05, 3.63) is 75.9 Å². The molecule has 3 aromatic rings. The fourth-order valence-electron chi connectivity index (χ4n) is 6.25. The highest BCUT2D eigenvalue weighted by Gasteiger charge is 2.30. The van der Waals surface area contributed by atoms with Gasteiger partial charge in [0.1, 0.15) is 11.6 Å². The third-order valence-electron chi connectivity index (χ3n) is 8.65. The molecule has 0 unspecified atom stereocenters. The van der Waals surface area contributed by atoms with E-state index in [4.69, 9.17) is 14.8 Å². The van der Waals surface area contributed by atoms with Crippen LogP contribution in [0.1, 0.15) is 81.1 Å². The summed E-state index contributed by atoms with van der Waals surface area (Å²) in [6.45, 7) is 18.0. The molecule has 7 nitrogen and oxygen atoms in total. The zero-order valence-corrected chi connectivity index (χ0v) is 28.3. The van der Waals surface area contributed by atoms with E-state index >= 15 is 0 Å². The number of aliphatic hydroxyl groups is 1. The number of nitrogens with zero attached hydrogens (tertiary/aromatic N) is 3. The highest BCUT2D eigenvalue weighted by atomic mass is 19.1. The van der Waals surface area contributed by atoms with Crippen molar-refractivity contribution in [3.8, 4) is 16.9 Å². The SMILES string of the molecule is CC(C)(C)O.COc1cc(F)ccc1CN1CCc2cc(-c3c(C)nc(C)c(CC(=O)O)c3N3CCC(C)(C)CC3)ccc2C1. The van der Waals surface area contributed by atoms with Crippen LogP contribution in [0.15, 0.2) is 36.4 Å². The second kappa shape index (κ2) is 13.9. The van der Waals surface area contributed by atoms with Crippen molar-refractivity contribution >= 4 is 11.7 Å². The number of aromatic nitrogens is 1. The smallest absolute Gasteiger partial charge is 0.307 e. The topological polar surface area (TPSA) is 86.1 Å². The lowest BCUT2D eigenvalue weighted by molar-refractivity contribution is -0.136. The molecule has 0 amide bonds. The summed E-state index contributed by atoms with van der Waals surface area (Å²) in [5, 5.41) is 18.3. The van der Waals surface area contributed by atoms with E-state index in [2.05, 4.69) is 41.8 Å². The van der Waals surface area contributed by atoms with E-state index in [0.29, 0.717) is 12.3 Å². The number of fused-ring (bicyclic) bond motifs is 1. The number of rotatable bonds is 7. The first-order chi connectivity index (χ1) is 21.0. The second-order valence-corrected chi connectivity index (χ2v) is 14.3. The van der Waals surface area contributed by atoms with Crippen molar-refractivity contribution in [3.63, 3.8) is 0 Å². The number of carboxylic acid groups (broad SMARTS) is 1. The number of carbonyl (C=O) groups is 1. The Balaban J connectivity index is 0.000000854. The van der Waals surface area contributed by atoms with E-state index in [1.165, 1.54) is 23.3 Å². The van der Waals surface area contributed by atoms with E-state index in [-0.39, 0.29) is 17.7 Å². The highest BCUT2D eigenvalue weighted by Crippen LogP contribution is 2.42. The number of ether oxygens (including phenoxy) is 1. The number of anilines is 1. The number of hydrogen-bond acceptors (Lipinski definition) is 6. The van der Waals surface area contributed by atoms with Crippen LogP contribution >= 0.6 is 0 Å². The molecule has 0 atom stereocenters. The van der Waals surface area contributed by atoms with Gasteiger partial charge in [-0.1, -0.05) is 38.1 Å². The van der Waals surface area contributed by atoms with Crippen LogP contribution < -0.4 is 9.64 Å². The van der Waals surface area contributed by atoms with E-state index in [0.717, 1.165) is 84.8 Å². The van der Waals surface area contributed by atoms with Crippen LogP contribution in [-0.2, 0) is 30.7 Å². The first-order valence-corrected chi connectivity index (χ1v) is 15.9. The van der Waals surface area contributed by atoms with Crippen molar-refractivity contribution < 1.29 is 24.1 Å². The van der Waals surface area contributed by atoms with Crippen LogP contribution in [0.3, 0.4) is 0 Å². The molecule has 244 valence electrons. The molecule has 2 aliphatic heterocycles. The van der Waals surface area contributed by atoms with Crippen molar-refractivity contribution in [1.82, 2.24) is 9.88 Å². The lowest BCUT2D eigenvalue weighted by atomic mass is 9.82. The Kier molecular flexibility index (Phi) is 10.6. The number of piperidine rings is 1. The molecule has 2 aliphatic rings. The Bertz CT molecular complexity index is 1510. The Morgan fingerprint density at radius 1 is 1.02 bits per heavy atom. The van der Waals surface area contributed by atoms with Crippen LogP contribution in [0.5, 0.6) is 5.75 Å². The Morgan fingerprint density at radius 3 is 2.31 bits per heavy atom. The predicted molar refractivity (Wildman–Crippen MR) is 178 cm³/mol. The Labute approximate surface area is 268 Å². The summed E-state index contributed by atoms with van der Waals surface area (Å²) in [7, 11) is 1.58. The predicted octanol–water partition coefficient (Wildman–Crippen LogP) is 7.10. The van der Waals surface area contributed by atoms with E-state index in [9.17, 15) is 14.3 Å². The van der Waals surface area contributed by atoms with Gasteiger partial charge in [-0.2, -0.15) is 0 Å². The van der Waals surface area contributed by atoms with Crippen molar-refractivity contribution in [1.29, 1.82) is 0 Å². The number of carboxylic acids is 1. The second-order valence-electron chi connectivity index (χ2n) is 14.3. The molecule has 1 saturated heterocycles. The standard InChI is InChI=1S/C33H40FN3O3.C4H10O/c1-21-28(18-30(38)39)32(37-14-11-33(3,4)12-15-37)31(22(2)35-21)24-6-7-25-19-36(13-10-23(25)16-24)20-26-8-9-27(34)17-29(26)40-5;1-4(2,3)5/h6-9,16-17H,10-15,18-20H2,1-5H3,(H,38,39);5H,1-3H3. The van der Waals surface area contributed by atoms with Crippen molar-refractivity contribution in [2.45, 2.75) is 92.8 Å². The summed E-state index contributed by atoms with van der Waals surface area (Å²) in [6, 6.07) is 11.4. The van der Waals surface area contributed by atoms with Crippen LogP contribution in [0.25, 0.3) is 11.1 Å². The largest absolute Gasteiger partial charge is 0.496 e. The number of aliphatic carboxylic acids is 1. The molecule has 0 aliphatic carbocycles. The summed E-state index contributed by atoms with van der Waals surface area (Å²) in [6.07, 6.45) is 3.00. The highest BCUT2D eigenvalue weighted by molar-refractivity contribution is 5.86. The van der Waals surface area contributed by atoms with Crippen molar-refractivity contribution in [2.75, 3.05) is 31.6 Å². The van der Waals surface area contributed by atoms with Gasteiger partial charge in [-0.25, -0.2) is 4.39 Å². The number of aryl methyl sites for hydroxylation is 2. The maximum Gasteiger partial charge on any atom is 0.307 e. The summed E-state index contributed by atoms with van der Waals surface area (Å²) < 4.78 is 19.1. The molecule has 1 fully saturated rings. The quantitative estimate of drug-likeness (QED) is 0.292. The third-order valence-corrected chi connectivity index (χ3v) is 8.65. The van der Waals surface area contributed by atoms with Gasteiger partial charge in [-0.15, -0.1) is 0 Å². The average molecular weight is 620 g/mol. The summed E-state index contributed by atoms with van der Waals surface area (Å²) >= 11 is 0. The Hall–Kier alpha value is -3.49. The maximum absolute atomic E-state index is 13.7. The molecule has 0 radical (unpaired) electrons. The first-order valence-electron chi connectivity index (χ1n) is 15.9. The minimum atomic E-state index is -0.832. The zero-order valence-electron chi connectivity index (χ0n) is 28.3. The fourth-order valence-corrected chi connectivity index (χ4v) is 6.25. The molecule has 0 saturated carbocycles. The normalized spacial score (nSPS) is 16.4. The lowest BCUT2D eigenvalue weighted by Crippen LogP contribution is -2.38. The van der Waals surface area contributed by atoms with Gasteiger partial charge >= 0.3 is 5.97 Å². The van der Waals surface area contributed by atoms with Gasteiger partial charge in [0.25, 0.3) is 0 Å². The molecule has 0 spiro atoms. The van der Waals surface area contributed by atoms with Crippen LogP contribution in [0, 0.1) is 25.1 Å². The van der Waals surface area contributed by atoms with Crippen LogP contribution in [0.2, 0.25) is 0 Å². The fraction of sp³-hybridized carbons (Fsp3) is 0.514. The molecule has 8 heteroatoms. The van der Waals surface area contributed by atoms with E-state index in [1.807, 2.05) is 13.8 Å². The van der Waals surface area contributed by atoms with Gasteiger partial charge in [0.15, 0.2) is 0 Å². The summed E-state index contributed by atoms with van der Waals surface area (Å²) in [5.41, 5.74) is 9.12. The first kappa shape index (κ1) is 34.4. The van der Waals surface area contributed by atoms with Gasteiger partial charge < -0.3 is 19.8 Å². The zero-order chi connectivity index (χ0) is 33.1. The Morgan fingerprint density at radius 2 is 1.69 bits per heavy atom. The molecule has 3 heterocycles. The summed E-state index contributed by atoms with van der Waals surface area (Å²) in [5.74, 6) is -0.548. The monoisotopic (exact) mass is 619 g/mol. The number of pyridine rings is 1. The molecular weight excluding hydrogens is 569 g/mol. The number of halogens is 1. The number of methoxy groups -OCH3 is 1. The van der Waals surface area contributed by atoms with Gasteiger partial charge in [-0.05, 0) is 82.1 Å². The maximum atomic E-state index is 13.7. The van der Waals surface area contributed by atoms with E-state index in [1.54, 1.807) is 33.9 Å². The van der Waals surface area contributed by atoms with Gasteiger partial charge in [0.05, 0.1) is 24.8 Å². The average Bonchev–Trinajstić information content (AvgIpc) is 2.94. The molecule has 1 aromatic heterocycles.